The SMILES string of the molecule is Cc1nc2nc(C)c(C[C@@H]3CCN(c4cnc(-c5ccc(CN6CCN[C@@H](C)C6)cc5)nc4)C3)c(C)n2n1. The summed E-state index contributed by atoms with van der Waals surface area (Å²) >= 11 is 0. The molecule has 0 radical (unpaired) electrons. The van der Waals surface area contributed by atoms with Gasteiger partial charge in [0.2, 0.25) is 0 Å². The molecule has 2 aliphatic heterocycles. The van der Waals surface area contributed by atoms with Gasteiger partial charge in [-0.05, 0) is 57.6 Å². The molecule has 9 heteroatoms. The lowest BCUT2D eigenvalue weighted by molar-refractivity contribution is 0.199. The van der Waals surface area contributed by atoms with Crippen LogP contribution in [0.4, 0.5) is 5.69 Å². The van der Waals surface area contributed by atoms with Gasteiger partial charge in [-0.1, -0.05) is 24.3 Å². The quantitative estimate of drug-likeness (QED) is 0.422. The van der Waals surface area contributed by atoms with Crippen LogP contribution in [-0.2, 0) is 13.0 Å². The van der Waals surface area contributed by atoms with E-state index in [0.717, 1.165) is 86.4 Å². The van der Waals surface area contributed by atoms with E-state index < -0.39 is 0 Å². The summed E-state index contributed by atoms with van der Waals surface area (Å²) in [6.45, 7) is 14.6. The molecule has 0 saturated carbocycles. The molecule has 3 aromatic heterocycles. The number of rotatable bonds is 6. The second-order valence-corrected chi connectivity index (χ2v) is 11.0. The van der Waals surface area contributed by atoms with E-state index in [2.05, 4.69) is 70.2 Å². The number of aromatic nitrogens is 6. The first-order valence-corrected chi connectivity index (χ1v) is 13.7. The van der Waals surface area contributed by atoms with Gasteiger partial charge in [-0.3, -0.25) is 4.90 Å². The van der Waals surface area contributed by atoms with Crippen molar-refractivity contribution in [3.63, 3.8) is 0 Å². The van der Waals surface area contributed by atoms with Crippen LogP contribution < -0.4 is 10.2 Å². The minimum atomic E-state index is 0.555. The van der Waals surface area contributed by atoms with Crippen molar-refractivity contribution < 1.29 is 0 Å². The lowest BCUT2D eigenvalue weighted by Gasteiger charge is -2.31. The number of hydrogen-bond donors (Lipinski definition) is 1. The molecule has 38 heavy (non-hydrogen) atoms. The molecule has 0 aliphatic carbocycles. The summed E-state index contributed by atoms with van der Waals surface area (Å²) in [6, 6.07) is 9.27. The number of benzene rings is 1. The van der Waals surface area contributed by atoms with Crippen LogP contribution in [0.25, 0.3) is 17.2 Å². The van der Waals surface area contributed by atoms with Gasteiger partial charge in [0.25, 0.3) is 5.78 Å². The van der Waals surface area contributed by atoms with Crippen molar-refractivity contribution in [2.24, 2.45) is 5.92 Å². The molecule has 2 atom stereocenters. The molecule has 9 nitrogen and oxygen atoms in total. The summed E-state index contributed by atoms with van der Waals surface area (Å²) in [4.78, 5) is 23.5. The topological polar surface area (TPSA) is 87.4 Å². The predicted octanol–water partition coefficient (Wildman–Crippen LogP) is 3.37. The number of anilines is 1. The van der Waals surface area contributed by atoms with Gasteiger partial charge in [-0.25, -0.2) is 19.5 Å². The zero-order chi connectivity index (χ0) is 26.2. The van der Waals surface area contributed by atoms with Gasteiger partial charge in [0.05, 0.1) is 18.1 Å². The van der Waals surface area contributed by atoms with Crippen molar-refractivity contribution in [2.45, 2.75) is 53.1 Å². The van der Waals surface area contributed by atoms with Crippen molar-refractivity contribution in [3.8, 4) is 11.4 Å². The minimum absolute atomic E-state index is 0.555. The van der Waals surface area contributed by atoms with Crippen LogP contribution in [0.2, 0.25) is 0 Å². The predicted molar refractivity (Wildman–Crippen MR) is 149 cm³/mol. The summed E-state index contributed by atoms with van der Waals surface area (Å²) in [5.74, 6) is 2.78. The highest BCUT2D eigenvalue weighted by atomic mass is 15.3. The summed E-state index contributed by atoms with van der Waals surface area (Å²) in [7, 11) is 0. The van der Waals surface area contributed by atoms with Gasteiger partial charge in [-0.15, -0.1) is 0 Å². The van der Waals surface area contributed by atoms with Crippen molar-refractivity contribution in [1.29, 1.82) is 0 Å². The highest BCUT2D eigenvalue weighted by Crippen LogP contribution is 2.28. The van der Waals surface area contributed by atoms with E-state index in [1.54, 1.807) is 0 Å². The fourth-order valence-electron chi connectivity index (χ4n) is 5.93. The molecule has 198 valence electrons. The molecular formula is C29H37N9. The third kappa shape index (κ3) is 5.13. The van der Waals surface area contributed by atoms with E-state index in [-0.39, 0.29) is 0 Å². The highest BCUT2D eigenvalue weighted by molar-refractivity contribution is 5.57. The molecule has 0 spiro atoms. The third-order valence-corrected chi connectivity index (χ3v) is 8.01. The van der Waals surface area contributed by atoms with Crippen LogP contribution in [0.15, 0.2) is 36.7 Å². The fourth-order valence-corrected chi connectivity index (χ4v) is 5.93. The molecule has 0 amide bonds. The third-order valence-electron chi connectivity index (χ3n) is 8.01. The Balaban J connectivity index is 1.08. The van der Waals surface area contributed by atoms with Gasteiger partial charge in [-0.2, -0.15) is 10.1 Å². The van der Waals surface area contributed by atoms with Crippen molar-refractivity contribution in [1.82, 2.24) is 39.8 Å². The summed E-state index contributed by atoms with van der Waals surface area (Å²) in [6.07, 6.45) is 6.09. The molecule has 1 N–H and O–H groups in total. The summed E-state index contributed by atoms with van der Waals surface area (Å²) in [5.41, 5.74) is 6.98. The van der Waals surface area contributed by atoms with E-state index >= 15 is 0 Å². The average Bonchev–Trinajstić information content (AvgIpc) is 3.53. The maximum Gasteiger partial charge on any atom is 0.252 e. The second-order valence-electron chi connectivity index (χ2n) is 11.0. The number of hydrogen-bond acceptors (Lipinski definition) is 8. The van der Waals surface area contributed by atoms with Crippen LogP contribution >= 0.6 is 0 Å². The van der Waals surface area contributed by atoms with Crippen molar-refractivity contribution in [2.75, 3.05) is 37.6 Å². The van der Waals surface area contributed by atoms with E-state index in [1.165, 1.54) is 11.1 Å². The lowest BCUT2D eigenvalue weighted by Crippen LogP contribution is -2.48. The zero-order valence-corrected chi connectivity index (χ0v) is 22.9. The Morgan fingerprint density at radius 2 is 1.76 bits per heavy atom. The number of nitrogens with one attached hydrogen (secondary N) is 1. The van der Waals surface area contributed by atoms with E-state index in [0.29, 0.717) is 17.7 Å². The number of fused-ring (bicyclic) bond motifs is 1. The van der Waals surface area contributed by atoms with Crippen LogP contribution in [0.1, 0.15) is 41.7 Å². The second kappa shape index (κ2) is 10.4. The summed E-state index contributed by atoms with van der Waals surface area (Å²) < 4.78 is 1.88. The smallest absolute Gasteiger partial charge is 0.252 e. The molecule has 6 rings (SSSR count). The maximum absolute atomic E-state index is 4.72. The number of aryl methyl sites for hydroxylation is 3. The maximum atomic E-state index is 4.72. The Hall–Kier alpha value is -3.43. The molecule has 2 saturated heterocycles. The fraction of sp³-hybridized carbons (Fsp3) is 0.483. The molecular weight excluding hydrogens is 474 g/mol. The van der Waals surface area contributed by atoms with Gasteiger partial charge < -0.3 is 10.2 Å². The Morgan fingerprint density at radius 1 is 0.974 bits per heavy atom. The minimum Gasteiger partial charge on any atom is -0.369 e. The summed E-state index contributed by atoms with van der Waals surface area (Å²) in [5, 5.41) is 8.04. The Labute approximate surface area is 224 Å². The van der Waals surface area contributed by atoms with Crippen molar-refractivity contribution in [3.05, 3.63) is 65.0 Å². The molecule has 0 unspecified atom stereocenters. The Bertz CT molecular complexity index is 1410. The molecule has 1 aromatic carbocycles. The first-order chi connectivity index (χ1) is 18.4. The van der Waals surface area contributed by atoms with Gasteiger partial charge in [0, 0.05) is 62.3 Å². The number of nitrogens with zero attached hydrogens (tertiary/aromatic N) is 8. The van der Waals surface area contributed by atoms with Crippen LogP contribution in [0, 0.1) is 26.7 Å². The largest absolute Gasteiger partial charge is 0.369 e. The zero-order valence-electron chi connectivity index (χ0n) is 22.9. The normalized spacial score (nSPS) is 20.5. The molecule has 2 fully saturated rings. The standard InChI is InChI=1S/C29H37N9/c1-19-16-36(12-10-30-19)17-23-5-7-25(8-6-23)28-31-14-26(15-32-28)37-11-9-24(18-37)13-27-20(2)33-29-34-22(4)35-38(29)21(27)3/h5-8,14-15,19,24,30H,9-13,16-18H2,1-4H3/t19-,24-/m0/s1. The van der Waals surface area contributed by atoms with Gasteiger partial charge in [0.15, 0.2) is 5.82 Å². The van der Waals surface area contributed by atoms with Crippen LogP contribution in [-0.4, -0.2) is 73.2 Å². The molecule has 0 bridgehead atoms. The monoisotopic (exact) mass is 511 g/mol. The highest BCUT2D eigenvalue weighted by Gasteiger charge is 2.26. The first kappa shape index (κ1) is 24.9. The van der Waals surface area contributed by atoms with Crippen LogP contribution in [0.3, 0.4) is 0 Å². The Morgan fingerprint density at radius 3 is 2.53 bits per heavy atom. The average molecular weight is 512 g/mol. The molecule has 5 heterocycles. The van der Waals surface area contributed by atoms with E-state index in [4.69, 9.17) is 15.0 Å². The van der Waals surface area contributed by atoms with Gasteiger partial charge in [0.1, 0.15) is 5.82 Å². The van der Waals surface area contributed by atoms with Crippen molar-refractivity contribution >= 4 is 11.5 Å². The van der Waals surface area contributed by atoms with Gasteiger partial charge >= 0.3 is 0 Å². The molecule has 4 aromatic rings. The number of piperazine rings is 1. The molecule has 2 aliphatic rings. The van der Waals surface area contributed by atoms with Crippen LogP contribution in [0.5, 0.6) is 0 Å². The van der Waals surface area contributed by atoms with E-state index in [1.807, 2.05) is 23.8 Å². The van der Waals surface area contributed by atoms with E-state index in [9.17, 15) is 0 Å². The Kier molecular flexibility index (Phi) is 6.80. The first-order valence-electron chi connectivity index (χ1n) is 13.7. The lowest BCUT2D eigenvalue weighted by atomic mass is 9.96.